The largest absolute Gasteiger partial charge is 0.497 e. The number of aryl methyl sites for hydroxylation is 1. The number of nitrogens with zero attached hydrogens (tertiary/aromatic N) is 1. The van der Waals surface area contributed by atoms with E-state index in [0.717, 1.165) is 12.0 Å². The van der Waals surface area contributed by atoms with Gasteiger partial charge in [0.25, 0.3) is 0 Å². The summed E-state index contributed by atoms with van der Waals surface area (Å²) in [7, 11) is 1.56. The van der Waals surface area contributed by atoms with Crippen molar-refractivity contribution in [2.24, 2.45) is 0 Å². The summed E-state index contributed by atoms with van der Waals surface area (Å²) in [4.78, 5) is 12.7. The molecule has 0 fully saturated rings. The standard InChI is InChI=1S/C18H17NO2/c1-3-13-7-4-5-10-16(13)18(20)17(12-19)14-8-6-9-15(11-14)21-2/h4-11,17H,3H2,1-2H3. The highest BCUT2D eigenvalue weighted by Gasteiger charge is 2.23. The summed E-state index contributed by atoms with van der Waals surface area (Å²) in [6, 6.07) is 16.7. The maximum Gasteiger partial charge on any atom is 0.184 e. The van der Waals surface area contributed by atoms with Crippen LogP contribution in [-0.4, -0.2) is 12.9 Å². The van der Waals surface area contributed by atoms with E-state index in [4.69, 9.17) is 4.74 Å². The van der Waals surface area contributed by atoms with Crippen molar-refractivity contribution in [1.29, 1.82) is 5.26 Å². The number of ether oxygens (including phenoxy) is 1. The molecule has 0 saturated carbocycles. The quantitative estimate of drug-likeness (QED) is 0.783. The van der Waals surface area contributed by atoms with Crippen LogP contribution in [0.25, 0.3) is 0 Å². The monoisotopic (exact) mass is 279 g/mol. The molecule has 0 aliphatic rings. The topological polar surface area (TPSA) is 50.1 Å². The Bertz CT molecular complexity index is 686. The Morgan fingerprint density at radius 1 is 1.24 bits per heavy atom. The molecule has 106 valence electrons. The molecule has 0 amide bonds. The third-order valence-electron chi connectivity index (χ3n) is 3.48. The molecular weight excluding hydrogens is 262 g/mol. The van der Waals surface area contributed by atoms with Gasteiger partial charge in [0.2, 0.25) is 0 Å². The number of ketones is 1. The Morgan fingerprint density at radius 2 is 2.00 bits per heavy atom. The molecule has 0 aromatic heterocycles. The third-order valence-corrected chi connectivity index (χ3v) is 3.48. The van der Waals surface area contributed by atoms with E-state index in [-0.39, 0.29) is 5.78 Å². The summed E-state index contributed by atoms with van der Waals surface area (Å²) in [6.07, 6.45) is 0.762. The Balaban J connectivity index is 2.41. The van der Waals surface area contributed by atoms with Gasteiger partial charge in [-0.15, -0.1) is 0 Å². The van der Waals surface area contributed by atoms with Crippen molar-refractivity contribution in [3.8, 4) is 11.8 Å². The Morgan fingerprint density at radius 3 is 2.67 bits per heavy atom. The Labute approximate surface area is 124 Å². The van der Waals surface area contributed by atoms with Crippen LogP contribution in [0.4, 0.5) is 0 Å². The summed E-state index contributed by atoms with van der Waals surface area (Å²) in [5.41, 5.74) is 2.24. The number of Topliss-reactive ketones (excluding diaryl/α,β-unsaturated/α-hetero) is 1. The SMILES string of the molecule is CCc1ccccc1C(=O)C(C#N)c1cccc(OC)c1. The number of hydrogen-bond donors (Lipinski definition) is 0. The first-order valence-electron chi connectivity index (χ1n) is 6.87. The van der Waals surface area contributed by atoms with E-state index in [1.165, 1.54) is 0 Å². The van der Waals surface area contributed by atoms with Crippen molar-refractivity contribution in [3.63, 3.8) is 0 Å². The Hall–Kier alpha value is -2.60. The predicted octanol–water partition coefficient (Wildman–Crippen LogP) is 3.75. The van der Waals surface area contributed by atoms with Gasteiger partial charge in [0.15, 0.2) is 5.78 Å². The molecule has 3 heteroatoms. The van der Waals surface area contributed by atoms with E-state index in [9.17, 15) is 10.1 Å². The second-order valence-corrected chi connectivity index (χ2v) is 4.71. The van der Waals surface area contributed by atoms with Gasteiger partial charge in [-0.3, -0.25) is 4.79 Å². The zero-order valence-electron chi connectivity index (χ0n) is 12.2. The second kappa shape index (κ2) is 6.71. The van der Waals surface area contributed by atoms with Gasteiger partial charge in [-0.05, 0) is 29.7 Å². The lowest BCUT2D eigenvalue weighted by Gasteiger charge is -2.12. The molecular formula is C18H17NO2. The minimum Gasteiger partial charge on any atom is -0.497 e. The van der Waals surface area contributed by atoms with Crippen LogP contribution in [0.3, 0.4) is 0 Å². The summed E-state index contributed by atoms with van der Waals surface area (Å²) in [5.74, 6) is -0.333. The van der Waals surface area contributed by atoms with Gasteiger partial charge in [0.05, 0.1) is 13.2 Å². The maximum absolute atomic E-state index is 12.7. The molecule has 0 radical (unpaired) electrons. The first-order valence-corrected chi connectivity index (χ1v) is 6.87. The van der Waals surface area contributed by atoms with E-state index >= 15 is 0 Å². The lowest BCUT2D eigenvalue weighted by atomic mass is 9.89. The average Bonchev–Trinajstić information content (AvgIpc) is 2.55. The molecule has 0 N–H and O–H groups in total. The molecule has 0 bridgehead atoms. The smallest absolute Gasteiger partial charge is 0.184 e. The van der Waals surface area contributed by atoms with Gasteiger partial charge in [0, 0.05) is 5.56 Å². The summed E-state index contributed by atoms with van der Waals surface area (Å²) in [5, 5.41) is 9.43. The molecule has 1 unspecified atom stereocenters. The number of benzene rings is 2. The van der Waals surface area contributed by atoms with Crippen LogP contribution in [0.2, 0.25) is 0 Å². The minimum atomic E-state index is -0.812. The van der Waals surface area contributed by atoms with Crippen LogP contribution in [0.1, 0.15) is 34.3 Å². The summed E-state index contributed by atoms with van der Waals surface area (Å²) < 4.78 is 5.16. The zero-order valence-corrected chi connectivity index (χ0v) is 12.2. The van der Waals surface area contributed by atoms with Crippen molar-refractivity contribution in [2.75, 3.05) is 7.11 Å². The van der Waals surface area contributed by atoms with Gasteiger partial charge in [-0.1, -0.05) is 43.3 Å². The fourth-order valence-electron chi connectivity index (χ4n) is 2.33. The van der Waals surface area contributed by atoms with E-state index < -0.39 is 5.92 Å². The molecule has 0 spiro atoms. The maximum atomic E-state index is 12.7. The highest BCUT2D eigenvalue weighted by Crippen LogP contribution is 2.25. The number of nitriles is 1. The van der Waals surface area contributed by atoms with Crippen molar-refractivity contribution in [2.45, 2.75) is 19.3 Å². The number of carbonyl (C=O) groups excluding carboxylic acids is 1. The molecule has 1 atom stereocenters. The first kappa shape index (κ1) is 14.8. The van der Waals surface area contributed by atoms with E-state index in [1.54, 1.807) is 37.4 Å². The number of carbonyl (C=O) groups is 1. The highest BCUT2D eigenvalue weighted by molar-refractivity contribution is 6.03. The number of hydrogen-bond acceptors (Lipinski definition) is 3. The molecule has 21 heavy (non-hydrogen) atoms. The summed E-state index contributed by atoms with van der Waals surface area (Å²) >= 11 is 0. The van der Waals surface area contributed by atoms with E-state index in [1.807, 2.05) is 25.1 Å². The third kappa shape index (κ3) is 3.11. The molecule has 0 aliphatic heterocycles. The second-order valence-electron chi connectivity index (χ2n) is 4.71. The van der Waals surface area contributed by atoms with Gasteiger partial charge >= 0.3 is 0 Å². The van der Waals surface area contributed by atoms with Crippen molar-refractivity contribution in [3.05, 3.63) is 65.2 Å². The van der Waals surface area contributed by atoms with Crippen LogP contribution >= 0.6 is 0 Å². The lowest BCUT2D eigenvalue weighted by Crippen LogP contribution is -2.13. The highest BCUT2D eigenvalue weighted by atomic mass is 16.5. The summed E-state index contributed by atoms with van der Waals surface area (Å²) in [6.45, 7) is 2.00. The van der Waals surface area contributed by atoms with Gasteiger partial charge in [-0.25, -0.2) is 0 Å². The lowest BCUT2D eigenvalue weighted by molar-refractivity contribution is 0.0978. The molecule has 2 rings (SSSR count). The number of methoxy groups -OCH3 is 1. The molecule has 0 saturated heterocycles. The van der Waals surface area contributed by atoms with Crippen LogP contribution in [0, 0.1) is 11.3 Å². The number of rotatable bonds is 5. The fourth-order valence-corrected chi connectivity index (χ4v) is 2.33. The van der Waals surface area contributed by atoms with E-state index in [2.05, 4.69) is 6.07 Å². The molecule has 3 nitrogen and oxygen atoms in total. The van der Waals surface area contributed by atoms with Crippen molar-refractivity contribution < 1.29 is 9.53 Å². The van der Waals surface area contributed by atoms with Gasteiger partial charge < -0.3 is 4.74 Å². The average molecular weight is 279 g/mol. The van der Waals surface area contributed by atoms with Gasteiger partial charge in [-0.2, -0.15) is 5.26 Å². The normalized spacial score (nSPS) is 11.5. The predicted molar refractivity (Wildman–Crippen MR) is 81.5 cm³/mol. The van der Waals surface area contributed by atoms with Crippen molar-refractivity contribution in [1.82, 2.24) is 0 Å². The van der Waals surface area contributed by atoms with Crippen LogP contribution in [-0.2, 0) is 6.42 Å². The van der Waals surface area contributed by atoms with E-state index in [0.29, 0.717) is 16.9 Å². The van der Waals surface area contributed by atoms with Crippen molar-refractivity contribution >= 4 is 5.78 Å². The molecule has 2 aromatic rings. The first-order chi connectivity index (χ1) is 10.2. The molecule has 2 aromatic carbocycles. The molecule has 0 aliphatic carbocycles. The Kier molecular flexibility index (Phi) is 4.73. The molecule has 0 heterocycles. The minimum absolute atomic E-state index is 0.164. The van der Waals surface area contributed by atoms with Gasteiger partial charge in [0.1, 0.15) is 11.7 Å². The van der Waals surface area contributed by atoms with Crippen LogP contribution in [0.5, 0.6) is 5.75 Å². The zero-order chi connectivity index (χ0) is 15.2. The van der Waals surface area contributed by atoms with Crippen LogP contribution in [0.15, 0.2) is 48.5 Å². The van der Waals surface area contributed by atoms with Crippen LogP contribution < -0.4 is 4.74 Å². The fraction of sp³-hybridized carbons (Fsp3) is 0.222.